The molecule has 0 spiro atoms. The number of ketones is 2. The van der Waals surface area contributed by atoms with Crippen molar-refractivity contribution in [1.82, 2.24) is 39.7 Å². The number of aliphatic carboxylic acids is 1. The maximum absolute atomic E-state index is 14.5. The molecule has 2 saturated heterocycles. The van der Waals surface area contributed by atoms with E-state index in [2.05, 4.69) is 25.3 Å². The number of carboxylic acid groups (broad SMARTS) is 1. The number of aryl methyl sites for hydroxylation is 1. The van der Waals surface area contributed by atoms with Gasteiger partial charge in [-0.3, -0.25) is 47.9 Å². The number of methoxy groups -OCH3 is 2. The van der Waals surface area contributed by atoms with Gasteiger partial charge in [0.15, 0.2) is 5.78 Å². The Morgan fingerprint density at radius 3 is 2.25 bits per heavy atom. The van der Waals surface area contributed by atoms with Crippen LogP contribution in [0.5, 0.6) is 0 Å². The van der Waals surface area contributed by atoms with Crippen LogP contribution < -0.4 is 10.0 Å². The minimum atomic E-state index is -4.18. The highest BCUT2D eigenvalue weighted by molar-refractivity contribution is 7.90. The lowest BCUT2D eigenvalue weighted by Gasteiger charge is -2.41. The normalized spacial score (nSPS) is 21.9. The van der Waals surface area contributed by atoms with E-state index in [9.17, 15) is 42.0 Å². The Labute approximate surface area is 443 Å². The van der Waals surface area contributed by atoms with Crippen LogP contribution in [0.4, 0.5) is 0 Å². The van der Waals surface area contributed by atoms with E-state index in [0.29, 0.717) is 43.5 Å². The van der Waals surface area contributed by atoms with Gasteiger partial charge in [-0.15, -0.1) is 5.10 Å². The summed E-state index contributed by atoms with van der Waals surface area (Å²) in [7, 11) is 2.64. The minimum absolute atomic E-state index is 0.00220. The zero-order valence-corrected chi connectivity index (χ0v) is 46.6. The number of hydrogen-bond acceptors (Lipinski definition) is 14. The Bertz CT molecular complexity index is 2380. The smallest absolute Gasteiger partial charge is 0.306 e. The van der Waals surface area contributed by atoms with Gasteiger partial charge in [0.05, 0.1) is 61.2 Å². The average molecular weight is 1070 g/mol. The standard InChI is InChI=1S/C54H84N8O12S/c1-11-34(4)49(60(8)53(68)42(33(2)3)29-45(64)50-38-20-21-41(27-38)59(50)7)46(73-9)30-48(66)62-23-15-19-43(62)51(74-10)36(6)44(63)28-39(26-37-17-13-12-14-18-37)52(67)57-75(71,72)24-16-22-61-32-40(56-58-61)31-55-47(65)25-35(5)54(69)70/h12-14,17-18,32-36,38-39,41-43,46,49-51H,11,15-16,19-31H2,1-10H3,(H,55,65)(H,57,67)(H,69,70)/t34-,35?,36-,38-,39+,41+,42-,43-,46+,49-,50-,51+/m0/s1. The predicted octanol–water partition coefficient (Wildman–Crippen LogP) is 4.29. The number of ether oxygens (including phenoxy) is 2. The van der Waals surface area contributed by atoms with Gasteiger partial charge in [-0.2, -0.15) is 0 Å². The zero-order valence-electron chi connectivity index (χ0n) is 45.8. The van der Waals surface area contributed by atoms with E-state index in [1.165, 1.54) is 24.9 Å². The number of benzene rings is 1. The first-order valence-electron chi connectivity index (χ1n) is 26.9. The number of likely N-dealkylation sites (tertiary alicyclic amines) is 2. The van der Waals surface area contributed by atoms with Gasteiger partial charge in [0.25, 0.3) is 0 Å². The van der Waals surface area contributed by atoms with E-state index in [-0.39, 0.29) is 92.9 Å². The van der Waals surface area contributed by atoms with Crippen molar-refractivity contribution in [3.63, 3.8) is 0 Å². The maximum atomic E-state index is 14.5. The van der Waals surface area contributed by atoms with E-state index in [4.69, 9.17) is 14.6 Å². The number of nitrogens with one attached hydrogen (secondary N) is 2. The quantitative estimate of drug-likeness (QED) is 0.0952. The monoisotopic (exact) mass is 1070 g/mol. The van der Waals surface area contributed by atoms with Crippen LogP contribution in [0.25, 0.3) is 0 Å². The molecule has 0 radical (unpaired) electrons. The molecule has 418 valence electrons. The van der Waals surface area contributed by atoms with Crippen molar-refractivity contribution < 1.29 is 56.6 Å². The Kier molecular flexibility index (Phi) is 22.5. The highest BCUT2D eigenvalue weighted by Crippen LogP contribution is 2.43. The molecule has 4 amide bonds. The molecule has 5 rings (SSSR count). The second-order valence-corrected chi connectivity index (χ2v) is 23.7. The van der Waals surface area contributed by atoms with Crippen LogP contribution in [0.3, 0.4) is 0 Å². The van der Waals surface area contributed by atoms with E-state index in [1.54, 1.807) is 55.1 Å². The summed E-state index contributed by atoms with van der Waals surface area (Å²) >= 11 is 0. The third-order valence-corrected chi connectivity index (χ3v) is 17.6. The van der Waals surface area contributed by atoms with Crippen molar-refractivity contribution in [3.8, 4) is 0 Å². The third kappa shape index (κ3) is 16.2. The molecular formula is C54H84N8O12S. The number of piperidine rings is 1. The van der Waals surface area contributed by atoms with Gasteiger partial charge < -0.3 is 29.7 Å². The number of rotatable bonds is 31. The average Bonchev–Trinajstić information content (AvgIpc) is 4.21. The van der Waals surface area contributed by atoms with Gasteiger partial charge in [0.2, 0.25) is 33.7 Å². The van der Waals surface area contributed by atoms with Gasteiger partial charge in [0.1, 0.15) is 11.5 Å². The SMILES string of the molecule is CC[C@H](C)[C@@H]([C@@H](CC(=O)N1CCC[C@H]1[C@H](OC)[C@@H](C)C(=O)C[C@@H](Cc1ccccc1)C(=O)NS(=O)(=O)CCCn1cc(CNC(=O)CC(C)C(=O)O)nn1)OC)N(C)C(=O)[C@@H](CC(=O)[C@@H]1[C@H]2CC[C@H](C2)N1C)C(C)C. The van der Waals surface area contributed by atoms with Crippen LogP contribution in [-0.4, -0.2) is 161 Å². The Morgan fingerprint density at radius 2 is 1.64 bits per heavy atom. The fourth-order valence-corrected chi connectivity index (χ4v) is 12.8. The summed E-state index contributed by atoms with van der Waals surface area (Å²) < 4.78 is 42.4. The maximum Gasteiger partial charge on any atom is 0.306 e. The van der Waals surface area contributed by atoms with Gasteiger partial charge in [-0.05, 0) is 75.3 Å². The second kappa shape index (κ2) is 27.8. The number of carboxylic acids is 1. The highest BCUT2D eigenvalue weighted by Gasteiger charge is 2.49. The number of hydrogen-bond donors (Lipinski definition) is 3. The number of Topliss-reactive ketones (excluding diaryl/α,β-unsaturated/α-hetero) is 2. The molecule has 3 heterocycles. The number of nitrogens with zero attached hydrogens (tertiary/aromatic N) is 6. The molecule has 20 nitrogen and oxygen atoms in total. The fraction of sp³-hybridized carbons (Fsp3) is 0.722. The van der Waals surface area contributed by atoms with Crippen molar-refractivity contribution in [2.75, 3.05) is 40.6 Å². The summed E-state index contributed by atoms with van der Waals surface area (Å²) in [5.41, 5.74) is 1.12. The first kappa shape index (κ1) is 60.7. The van der Waals surface area contributed by atoms with E-state index in [0.717, 1.165) is 24.8 Å². The molecule has 1 aromatic heterocycles. The summed E-state index contributed by atoms with van der Waals surface area (Å²) in [6.07, 6.45) is 4.95. The number of carbonyl (C=O) groups is 7. The highest BCUT2D eigenvalue weighted by atomic mass is 32.2. The summed E-state index contributed by atoms with van der Waals surface area (Å²) in [4.78, 5) is 100. The first-order valence-corrected chi connectivity index (χ1v) is 28.5. The minimum Gasteiger partial charge on any atom is -0.481 e. The molecule has 21 heteroatoms. The number of sulfonamides is 1. The molecule has 2 aliphatic heterocycles. The van der Waals surface area contributed by atoms with Crippen molar-refractivity contribution >= 4 is 51.2 Å². The lowest BCUT2D eigenvalue weighted by Crippen LogP contribution is -2.54. The Morgan fingerprint density at radius 1 is 0.933 bits per heavy atom. The number of carbonyl (C=O) groups excluding carboxylic acids is 6. The molecule has 2 bridgehead atoms. The van der Waals surface area contributed by atoms with E-state index >= 15 is 0 Å². The third-order valence-electron chi connectivity index (χ3n) is 16.3. The molecule has 12 atom stereocenters. The van der Waals surface area contributed by atoms with E-state index in [1.807, 2.05) is 40.8 Å². The zero-order chi connectivity index (χ0) is 55.3. The molecule has 75 heavy (non-hydrogen) atoms. The van der Waals surface area contributed by atoms with Crippen LogP contribution in [0, 0.1) is 41.4 Å². The molecule has 2 aromatic rings. The molecule has 1 aromatic carbocycles. The van der Waals surface area contributed by atoms with Gasteiger partial charge in [-0.1, -0.05) is 83.5 Å². The molecule has 1 unspecified atom stereocenters. The molecule has 3 aliphatic rings. The fourth-order valence-electron chi connectivity index (χ4n) is 11.7. The van der Waals surface area contributed by atoms with Crippen LogP contribution in [-0.2, 0) is 72.6 Å². The van der Waals surface area contributed by atoms with Gasteiger partial charge in [-0.25, -0.2) is 8.42 Å². The first-order chi connectivity index (χ1) is 35.5. The van der Waals surface area contributed by atoms with Crippen molar-refractivity contribution in [3.05, 3.63) is 47.8 Å². The Balaban J connectivity index is 1.21. The van der Waals surface area contributed by atoms with E-state index < -0.39 is 81.5 Å². The van der Waals surface area contributed by atoms with Crippen molar-refractivity contribution in [2.45, 2.75) is 168 Å². The molecule has 1 saturated carbocycles. The van der Waals surface area contributed by atoms with Gasteiger partial charge >= 0.3 is 5.97 Å². The summed E-state index contributed by atoms with van der Waals surface area (Å²) in [5.74, 6) is -6.44. The number of likely N-dealkylation sites (N-methyl/N-ethyl adjacent to an activating group) is 2. The topological polar surface area (TPSA) is 257 Å². The molecular weight excluding hydrogens is 985 g/mol. The second-order valence-electron chi connectivity index (χ2n) is 21.8. The summed E-state index contributed by atoms with van der Waals surface area (Å²) in [6.45, 7) is 11.7. The number of amides is 4. The largest absolute Gasteiger partial charge is 0.481 e. The molecule has 3 fully saturated rings. The van der Waals surface area contributed by atoms with Crippen LogP contribution in [0.2, 0.25) is 0 Å². The Hall–Kier alpha value is -5.12. The predicted molar refractivity (Wildman–Crippen MR) is 280 cm³/mol. The lowest BCUT2D eigenvalue weighted by atomic mass is 9.83. The summed E-state index contributed by atoms with van der Waals surface area (Å²) in [6, 6.07) is 8.29. The molecule has 3 N–H and O–H groups in total. The van der Waals surface area contributed by atoms with Crippen LogP contribution >= 0.6 is 0 Å². The molecule has 1 aliphatic carbocycles. The van der Waals surface area contributed by atoms with Crippen LogP contribution in [0.1, 0.15) is 123 Å². The lowest BCUT2D eigenvalue weighted by molar-refractivity contribution is -0.149. The van der Waals surface area contributed by atoms with Crippen molar-refractivity contribution in [1.29, 1.82) is 0 Å². The van der Waals surface area contributed by atoms with Gasteiger partial charge in [0, 0.05) is 77.4 Å². The van der Waals surface area contributed by atoms with Crippen molar-refractivity contribution in [2.24, 2.45) is 41.4 Å². The summed E-state index contributed by atoms with van der Waals surface area (Å²) in [5, 5.41) is 19.6. The van der Waals surface area contributed by atoms with Crippen LogP contribution in [0.15, 0.2) is 36.5 Å². The number of aromatic nitrogens is 3. The number of fused-ring (bicyclic) bond motifs is 2.